The molecule has 6 heteroatoms. The fraction of sp³-hybridized carbons (Fsp3) is 0.444. The summed E-state index contributed by atoms with van der Waals surface area (Å²) in [6.45, 7) is 0.486. The van der Waals surface area contributed by atoms with Crippen molar-refractivity contribution in [1.82, 2.24) is 10.3 Å². The van der Waals surface area contributed by atoms with Gasteiger partial charge >= 0.3 is 0 Å². The van der Waals surface area contributed by atoms with Gasteiger partial charge in [-0.3, -0.25) is 4.79 Å². The van der Waals surface area contributed by atoms with E-state index in [1.54, 1.807) is 23.5 Å². The van der Waals surface area contributed by atoms with Gasteiger partial charge in [0.05, 0.1) is 18.0 Å². The van der Waals surface area contributed by atoms with Crippen LogP contribution in [0.15, 0.2) is 34.5 Å². The molecule has 3 nitrogen and oxygen atoms in total. The fourth-order valence-electron chi connectivity index (χ4n) is 2.90. The van der Waals surface area contributed by atoms with Crippen molar-refractivity contribution in [2.24, 2.45) is 0 Å². The molecule has 1 aromatic heterocycles. The number of carbonyl (C=O) groups is 1. The van der Waals surface area contributed by atoms with Crippen molar-refractivity contribution in [2.45, 2.75) is 49.5 Å². The highest BCUT2D eigenvalue weighted by Gasteiger charge is 2.18. The van der Waals surface area contributed by atoms with Crippen LogP contribution in [0, 0.1) is 5.82 Å². The van der Waals surface area contributed by atoms with E-state index in [1.807, 2.05) is 0 Å². The van der Waals surface area contributed by atoms with Crippen molar-refractivity contribution in [2.75, 3.05) is 5.75 Å². The van der Waals surface area contributed by atoms with E-state index in [4.69, 9.17) is 0 Å². The van der Waals surface area contributed by atoms with Gasteiger partial charge in [0, 0.05) is 16.2 Å². The van der Waals surface area contributed by atoms with Crippen LogP contribution < -0.4 is 5.32 Å². The summed E-state index contributed by atoms with van der Waals surface area (Å²) >= 11 is 3.03. The number of thiazole rings is 1. The standard InChI is InChI=1S/C18H21FN2OS2/c19-14-6-8-15(9-7-14)23-12-17(22)20-10-18-21-16(11-24-18)13-4-2-1-3-5-13/h6-9,11,13H,1-5,10,12H2,(H,20,22). The Morgan fingerprint density at radius 2 is 2.00 bits per heavy atom. The molecule has 1 aliphatic carbocycles. The minimum atomic E-state index is -0.263. The molecule has 0 bridgehead atoms. The first-order valence-electron chi connectivity index (χ1n) is 8.30. The number of thioether (sulfide) groups is 1. The van der Waals surface area contributed by atoms with Gasteiger partial charge in [-0.05, 0) is 37.1 Å². The molecule has 0 spiro atoms. The largest absolute Gasteiger partial charge is 0.349 e. The molecule has 1 N–H and O–H groups in total. The number of nitrogens with one attached hydrogen (secondary N) is 1. The average Bonchev–Trinajstić information content (AvgIpc) is 3.09. The van der Waals surface area contributed by atoms with Gasteiger partial charge in [-0.2, -0.15) is 0 Å². The zero-order valence-electron chi connectivity index (χ0n) is 13.5. The Morgan fingerprint density at radius 3 is 2.75 bits per heavy atom. The highest BCUT2D eigenvalue weighted by molar-refractivity contribution is 8.00. The average molecular weight is 365 g/mol. The van der Waals surface area contributed by atoms with E-state index in [2.05, 4.69) is 15.7 Å². The molecule has 0 radical (unpaired) electrons. The topological polar surface area (TPSA) is 42.0 Å². The maximum absolute atomic E-state index is 12.8. The van der Waals surface area contributed by atoms with Crippen LogP contribution in [0.5, 0.6) is 0 Å². The molecule has 1 saturated carbocycles. The van der Waals surface area contributed by atoms with E-state index in [0.717, 1.165) is 9.90 Å². The fourth-order valence-corrected chi connectivity index (χ4v) is 4.44. The first-order valence-corrected chi connectivity index (χ1v) is 10.2. The van der Waals surface area contributed by atoms with Crippen LogP contribution in [0.25, 0.3) is 0 Å². The molecular formula is C18H21FN2OS2. The molecule has 1 aliphatic rings. The van der Waals surface area contributed by atoms with Gasteiger partial charge in [-0.15, -0.1) is 23.1 Å². The Hall–Kier alpha value is -1.40. The molecule has 24 heavy (non-hydrogen) atoms. The second kappa shape index (κ2) is 8.62. The second-order valence-electron chi connectivity index (χ2n) is 6.02. The van der Waals surface area contributed by atoms with Crippen molar-refractivity contribution in [3.8, 4) is 0 Å². The number of hydrogen-bond acceptors (Lipinski definition) is 4. The Bertz CT molecular complexity index is 666. The zero-order chi connectivity index (χ0) is 16.8. The third kappa shape index (κ3) is 5.05. The molecule has 3 rings (SSSR count). The molecule has 1 aromatic carbocycles. The normalized spacial score (nSPS) is 15.4. The van der Waals surface area contributed by atoms with Gasteiger partial charge in [0.25, 0.3) is 0 Å². The summed E-state index contributed by atoms with van der Waals surface area (Å²) in [5.41, 5.74) is 1.20. The summed E-state index contributed by atoms with van der Waals surface area (Å²) in [6, 6.07) is 6.18. The van der Waals surface area contributed by atoms with Crippen molar-refractivity contribution in [3.63, 3.8) is 0 Å². The Kier molecular flexibility index (Phi) is 6.26. The molecule has 1 heterocycles. The maximum Gasteiger partial charge on any atom is 0.230 e. The Labute approximate surface area is 150 Å². The van der Waals surface area contributed by atoms with E-state index in [-0.39, 0.29) is 11.7 Å². The summed E-state index contributed by atoms with van der Waals surface area (Å²) in [7, 11) is 0. The molecule has 0 atom stereocenters. The van der Waals surface area contributed by atoms with Gasteiger partial charge in [0.1, 0.15) is 10.8 Å². The summed E-state index contributed by atoms with van der Waals surface area (Å²) in [4.78, 5) is 17.5. The van der Waals surface area contributed by atoms with E-state index in [0.29, 0.717) is 18.2 Å². The molecule has 1 fully saturated rings. The van der Waals surface area contributed by atoms with Gasteiger partial charge < -0.3 is 5.32 Å². The van der Waals surface area contributed by atoms with Crippen LogP contribution >= 0.6 is 23.1 Å². The number of aromatic nitrogens is 1. The number of amides is 1. The van der Waals surface area contributed by atoms with Gasteiger partial charge in [-0.25, -0.2) is 9.37 Å². The molecule has 1 amide bonds. The van der Waals surface area contributed by atoms with Crippen LogP contribution in [0.3, 0.4) is 0 Å². The van der Waals surface area contributed by atoms with E-state index in [1.165, 1.54) is 61.7 Å². The first kappa shape index (κ1) is 17.4. The predicted molar refractivity (Wildman–Crippen MR) is 96.9 cm³/mol. The van der Waals surface area contributed by atoms with Crippen molar-refractivity contribution >= 4 is 29.0 Å². The lowest BCUT2D eigenvalue weighted by Gasteiger charge is -2.19. The van der Waals surface area contributed by atoms with E-state index < -0.39 is 0 Å². The van der Waals surface area contributed by atoms with Crippen molar-refractivity contribution < 1.29 is 9.18 Å². The number of halogens is 1. The van der Waals surface area contributed by atoms with Gasteiger partial charge in [-0.1, -0.05) is 19.3 Å². The minimum Gasteiger partial charge on any atom is -0.349 e. The lowest BCUT2D eigenvalue weighted by Crippen LogP contribution is -2.24. The summed E-state index contributed by atoms with van der Waals surface area (Å²) in [6.07, 6.45) is 6.42. The highest BCUT2D eigenvalue weighted by atomic mass is 32.2. The Morgan fingerprint density at radius 1 is 1.25 bits per heavy atom. The van der Waals surface area contributed by atoms with Crippen LogP contribution in [0.2, 0.25) is 0 Å². The van der Waals surface area contributed by atoms with Crippen LogP contribution in [0.4, 0.5) is 4.39 Å². The monoisotopic (exact) mass is 364 g/mol. The Balaban J connectivity index is 1.42. The number of rotatable bonds is 6. The van der Waals surface area contributed by atoms with Crippen LogP contribution in [0.1, 0.15) is 48.7 Å². The summed E-state index contributed by atoms with van der Waals surface area (Å²) in [5.74, 6) is 0.639. The van der Waals surface area contributed by atoms with Crippen molar-refractivity contribution in [1.29, 1.82) is 0 Å². The summed E-state index contributed by atoms with van der Waals surface area (Å²) in [5, 5.41) is 6.02. The number of benzene rings is 1. The quantitative estimate of drug-likeness (QED) is 0.753. The molecule has 2 aromatic rings. The molecule has 0 aliphatic heterocycles. The highest BCUT2D eigenvalue weighted by Crippen LogP contribution is 2.33. The number of nitrogens with zero attached hydrogens (tertiary/aromatic N) is 1. The number of carbonyl (C=O) groups excluding carboxylic acids is 1. The van der Waals surface area contributed by atoms with Crippen LogP contribution in [-0.4, -0.2) is 16.6 Å². The maximum atomic E-state index is 12.8. The third-order valence-electron chi connectivity index (χ3n) is 4.21. The zero-order valence-corrected chi connectivity index (χ0v) is 15.1. The lowest BCUT2D eigenvalue weighted by molar-refractivity contribution is -0.118. The first-order chi connectivity index (χ1) is 11.7. The molecule has 0 saturated heterocycles. The minimum absolute atomic E-state index is 0.0289. The third-order valence-corrected chi connectivity index (χ3v) is 6.09. The molecular weight excluding hydrogens is 343 g/mol. The van der Waals surface area contributed by atoms with Crippen LogP contribution in [-0.2, 0) is 11.3 Å². The summed E-state index contributed by atoms with van der Waals surface area (Å²) < 4.78 is 12.8. The van der Waals surface area contributed by atoms with Gasteiger partial charge in [0.15, 0.2) is 0 Å². The smallest absolute Gasteiger partial charge is 0.230 e. The SMILES string of the molecule is O=C(CSc1ccc(F)cc1)NCc1nc(C2CCCCC2)cs1. The molecule has 0 unspecified atom stereocenters. The van der Waals surface area contributed by atoms with Crippen molar-refractivity contribution in [3.05, 3.63) is 46.2 Å². The van der Waals surface area contributed by atoms with E-state index in [9.17, 15) is 9.18 Å². The predicted octanol–water partition coefficient (Wildman–Crippen LogP) is 4.74. The van der Waals surface area contributed by atoms with Gasteiger partial charge in [0.2, 0.25) is 5.91 Å². The lowest BCUT2D eigenvalue weighted by atomic mass is 9.87. The second-order valence-corrected chi connectivity index (χ2v) is 8.01. The van der Waals surface area contributed by atoms with E-state index >= 15 is 0 Å². The molecule has 128 valence electrons. The number of hydrogen-bond donors (Lipinski definition) is 1.